The van der Waals surface area contributed by atoms with Crippen LogP contribution in [0.1, 0.15) is 11.8 Å². The van der Waals surface area contributed by atoms with Crippen molar-refractivity contribution in [3.8, 4) is 0 Å². The molecule has 21 heavy (non-hydrogen) atoms. The summed E-state index contributed by atoms with van der Waals surface area (Å²) in [6, 6.07) is 8.50. The molecule has 1 heterocycles. The van der Waals surface area contributed by atoms with Crippen LogP contribution >= 0.6 is 11.3 Å². The van der Waals surface area contributed by atoms with Crippen molar-refractivity contribution in [3.63, 3.8) is 0 Å². The van der Waals surface area contributed by atoms with Gasteiger partial charge in [-0.25, -0.2) is 4.79 Å². The number of nitrogens with two attached hydrogens (primary N) is 1. The van der Waals surface area contributed by atoms with E-state index in [9.17, 15) is 9.59 Å². The van der Waals surface area contributed by atoms with Crippen LogP contribution in [0.3, 0.4) is 0 Å². The molecule has 0 saturated carbocycles. The number of nitrogens with one attached hydrogen (secondary N) is 3. The minimum Gasteiger partial charge on any atom is -0.380 e. The quantitative estimate of drug-likeness (QED) is 0.684. The van der Waals surface area contributed by atoms with Crippen molar-refractivity contribution in [2.24, 2.45) is 5.73 Å². The maximum atomic E-state index is 11.1. The Morgan fingerprint density at radius 1 is 1.10 bits per heavy atom. The van der Waals surface area contributed by atoms with Gasteiger partial charge in [0, 0.05) is 23.2 Å². The van der Waals surface area contributed by atoms with Crippen LogP contribution in [-0.4, -0.2) is 11.9 Å². The van der Waals surface area contributed by atoms with Gasteiger partial charge in [0.15, 0.2) is 0 Å². The number of hydrogen-bond acceptors (Lipinski definition) is 4. The number of urea groups is 1. The predicted octanol–water partition coefficient (Wildman–Crippen LogP) is 2.81. The lowest BCUT2D eigenvalue weighted by molar-refractivity contribution is -0.114. The lowest BCUT2D eigenvalue weighted by Crippen LogP contribution is -2.19. The Morgan fingerprint density at radius 3 is 2.38 bits per heavy atom. The van der Waals surface area contributed by atoms with Gasteiger partial charge in [-0.3, -0.25) is 4.79 Å². The molecule has 0 atom stereocenters. The van der Waals surface area contributed by atoms with Crippen LogP contribution in [0.4, 0.5) is 21.9 Å². The maximum absolute atomic E-state index is 11.1. The number of anilines is 3. The summed E-state index contributed by atoms with van der Waals surface area (Å²) in [5.74, 6) is -0.0865. The van der Waals surface area contributed by atoms with Crippen molar-refractivity contribution in [2.75, 3.05) is 16.0 Å². The van der Waals surface area contributed by atoms with Gasteiger partial charge < -0.3 is 21.7 Å². The first-order valence-electron chi connectivity index (χ1n) is 6.29. The van der Waals surface area contributed by atoms with E-state index in [0.717, 1.165) is 16.3 Å². The first kappa shape index (κ1) is 14.9. The number of primary amides is 1. The highest BCUT2D eigenvalue weighted by Crippen LogP contribution is 2.24. The molecule has 110 valence electrons. The molecule has 3 amide bonds. The summed E-state index contributed by atoms with van der Waals surface area (Å²) >= 11 is 1.57. The fraction of sp³-hybridized carbons (Fsp3) is 0.143. The van der Waals surface area contributed by atoms with Crippen molar-refractivity contribution < 1.29 is 9.59 Å². The number of benzene rings is 1. The van der Waals surface area contributed by atoms with Crippen LogP contribution in [0, 0.1) is 0 Å². The van der Waals surface area contributed by atoms with E-state index in [1.807, 2.05) is 23.6 Å². The number of rotatable bonds is 5. The highest BCUT2D eigenvalue weighted by molar-refractivity contribution is 7.10. The van der Waals surface area contributed by atoms with E-state index < -0.39 is 6.03 Å². The molecule has 5 N–H and O–H groups in total. The molecule has 0 bridgehead atoms. The second kappa shape index (κ2) is 6.76. The van der Waals surface area contributed by atoms with Crippen LogP contribution in [0.15, 0.2) is 35.7 Å². The Morgan fingerprint density at radius 2 is 1.76 bits per heavy atom. The highest BCUT2D eigenvalue weighted by Gasteiger charge is 2.05. The third-order valence-corrected chi connectivity index (χ3v) is 3.58. The van der Waals surface area contributed by atoms with Crippen molar-refractivity contribution in [2.45, 2.75) is 13.5 Å². The molecule has 0 unspecified atom stereocenters. The molecule has 0 spiro atoms. The van der Waals surface area contributed by atoms with Crippen LogP contribution in [0.5, 0.6) is 0 Å². The molecule has 0 saturated heterocycles. The third kappa shape index (κ3) is 4.50. The largest absolute Gasteiger partial charge is 0.380 e. The van der Waals surface area contributed by atoms with E-state index >= 15 is 0 Å². The van der Waals surface area contributed by atoms with Gasteiger partial charge in [-0.15, -0.1) is 11.3 Å². The molecule has 0 aliphatic carbocycles. The van der Waals surface area contributed by atoms with Crippen molar-refractivity contribution in [1.29, 1.82) is 0 Å². The van der Waals surface area contributed by atoms with Gasteiger partial charge in [-0.05, 0) is 35.7 Å². The minimum absolute atomic E-state index is 0.0865. The zero-order valence-electron chi connectivity index (χ0n) is 11.5. The van der Waals surface area contributed by atoms with Gasteiger partial charge in [0.25, 0.3) is 0 Å². The fourth-order valence-electron chi connectivity index (χ4n) is 1.77. The summed E-state index contributed by atoms with van der Waals surface area (Å²) in [6.07, 6.45) is 0. The molecule has 6 nitrogen and oxygen atoms in total. The molecule has 0 radical (unpaired) electrons. The van der Waals surface area contributed by atoms with Gasteiger partial charge in [0.2, 0.25) is 5.91 Å². The molecule has 7 heteroatoms. The van der Waals surface area contributed by atoms with E-state index in [0.29, 0.717) is 12.2 Å². The first-order chi connectivity index (χ1) is 10.0. The van der Waals surface area contributed by atoms with Gasteiger partial charge in [0.05, 0.1) is 12.2 Å². The summed E-state index contributed by atoms with van der Waals surface area (Å²) in [5.41, 5.74) is 7.42. The number of amides is 3. The van der Waals surface area contributed by atoms with E-state index in [1.165, 1.54) is 6.92 Å². The van der Waals surface area contributed by atoms with Gasteiger partial charge in [-0.1, -0.05) is 0 Å². The molecule has 1 aromatic carbocycles. The summed E-state index contributed by atoms with van der Waals surface area (Å²) < 4.78 is 0. The molecule has 0 fully saturated rings. The minimum atomic E-state index is -0.589. The van der Waals surface area contributed by atoms with E-state index in [-0.39, 0.29) is 5.91 Å². The molecule has 2 aromatic rings. The van der Waals surface area contributed by atoms with E-state index in [4.69, 9.17) is 5.73 Å². The summed E-state index contributed by atoms with van der Waals surface area (Å²) in [7, 11) is 0. The number of hydrogen-bond donors (Lipinski definition) is 4. The van der Waals surface area contributed by atoms with E-state index in [1.54, 1.807) is 23.5 Å². The third-order valence-electron chi connectivity index (χ3n) is 2.66. The average Bonchev–Trinajstić information content (AvgIpc) is 2.84. The summed E-state index contributed by atoms with van der Waals surface area (Å²) in [4.78, 5) is 22.9. The maximum Gasteiger partial charge on any atom is 0.316 e. The number of thiophene rings is 1. The van der Waals surface area contributed by atoms with Crippen LogP contribution in [0.25, 0.3) is 0 Å². The van der Waals surface area contributed by atoms with Crippen molar-refractivity contribution >= 4 is 40.3 Å². The molecular weight excluding hydrogens is 288 g/mol. The Hall–Kier alpha value is -2.54. The molecule has 2 rings (SSSR count). The Kier molecular flexibility index (Phi) is 4.78. The standard InChI is InChI=1S/C14H16N4O2S/c1-9(19)17-12-6-7-21-13(12)8-16-10-2-4-11(5-3-10)18-14(15)20/h2-7,16H,8H2,1H3,(H,17,19)(H3,15,18,20). The van der Waals surface area contributed by atoms with Gasteiger partial charge in [-0.2, -0.15) is 0 Å². The Bertz CT molecular complexity index is 637. The summed E-state index contributed by atoms with van der Waals surface area (Å²) in [5, 5.41) is 10.5. The normalized spacial score (nSPS) is 9.95. The van der Waals surface area contributed by atoms with E-state index in [2.05, 4.69) is 16.0 Å². The second-order valence-corrected chi connectivity index (χ2v) is 5.36. The molecular formula is C14H16N4O2S. The smallest absolute Gasteiger partial charge is 0.316 e. The number of carbonyl (C=O) groups is 2. The van der Waals surface area contributed by atoms with Crippen LogP contribution in [-0.2, 0) is 11.3 Å². The monoisotopic (exact) mass is 304 g/mol. The van der Waals surface area contributed by atoms with Crippen LogP contribution < -0.4 is 21.7 Å². The first-order valence-corrected chi connectivity index (χ1v) is 7.17. The molecule has 1 aromatic heterocycles. The molecule has 0 aliphatic rings. The van der Waals surface area contributed by atoms with Gasteiger partial charge >= 0.3 is 6.03 Å². The van der Waals surface area contributed by atoms with Crippen molar-refractivity contribution in [1.82, 2.24) is 0 Å². The molecule has 0 aliphatic heterocycles. The SMILES string of the molecule is CC(=O)Nc1ccsc1CNc1ccc(NC(N)=O)cc1. The highest BCUT2D eigenvalue weighted by atomic mass is 32.1. The zero-order chi connectivity index (χ0) is 15.2. The lowest BCUT2D eigenvalue weighted by atomic mass is 10.2. The van der Waals surface area contributed by atoms with Crippen molar-refractivity contribution in [3.05, 3.63) is 40.6 Å². The number of carbonyl (C=O) groups excluding carboxylic acids is 2. The summed E-state index contributed by atoms with van der Waals surface area (Å²) in [6.45, 7) is 2.09. The zero-order valence-corrected chi connectivity index (χ0v) is 12.3. The van der Waals surface area contributed by atoms with Gasteiger partial charge in [0.1, 0.15) is 0 Å². The predicted molar refractivity (Wildman–Crippen MR) is 85.6 cm³/mol. The fourth-order valence-corrected chi connectivity index (χ4v) is 2.54. The Labute approximate surface area is 126 Å². The van der Waals surface area contributed by atoms with Crippen LogP contribution in [0.2, 0.25) is 0 Å². The second-order valence-electron chi connectivity index (χ2n) is 4.36. The topological polar surface area (TPSA) is 96.2 Å². The Balaban J connectivity index is 1.95. The average molecular weight is 304 g/mol. The lowest BCUT2D eigenvalue weighted by Gasteiger charge is -2.08.